The van der Waals surface area contributed by atoms with E-state index in [1.807, 2.05) is 7.05 Å². The van der Waals surface area contributed by atoms with Crippen molar-refractivity contribution in [2.75, 3.05) is 33.3 Å². The van der Waals surface area contributed by atoms with Crippen LogP contribution in [0.25, 0.3) is 0 Å². The molecule has 112 valence electrons. The standard InChI is InChI=1S/C16H25BrN2O/c1-3-8-19-9-10-20-16(12-19)15(18-2)11-13-6-4-5-7-14(13)17/h4-7,15-16,18H,3,8-12H2,1-2H3. The Hall–Kier alpha value is -0.420. The molecule has 0 aliphatic carbocycles. The fourth-order valence-electron chi connectivity index (χ4n) is 2.81. The normalized spacial score (nSPS) is 21.9. The van der Waals surface area contributed by atoms with Crippen LogP contribution in [0.2, 0.25) is 0 Å². The zero-order chi connectivity index (χ0) is 14.4. The Morgan fingerprint density at radius 2 is 2.25 bits per heavy atom. The average molecular weight is 341 g/mol. The van der Waals surface area contributed by atoms with Gasteiger partial charge in [-0.05, 0) is 38.1 Å². The van der Waals surface area contributed by atoms with Crippen LogP contribution in [0.1, 0.15) is 18.9 Å². The molecule has 1 aliphatic heterocycles. The van der Waals surface area contributed by atoms with Crippen molar-refractivity contribution in [3.8, 4) is 0 Å². The van der Waals surface area contributed by atoms with Gasteiger partial charge in [0.1, 0.15) is 0 Å². The van der Waals surface area contributed by atoms with Gasteiger partial charge in [-0.25, -0.2) is 0 Å². The minimum absolute atomic E-state index is 0.271. The first-order valence-electron chi connectivity index (χ1n) is 7.49. The van der Waals surface area contributed by atoms with Gasteiger partial charge in [0.15, 0.2) is 0 Å². The van der Waals surface area contributed by atoms with Crippen LogP contribution in [-0.4, -0.2) is 50.3 Å². The molecule has 2 atom stereocenters. The molecule has 1 aromatic rings. The maximum Gasteiger partial charge on any atom is 0.0858 e. The van der Waals surface area contributed by atoms with Gasteiger partial charge in [0.05, 0.1) is 12.7 Å². The highest BCUT2D eigenvalue weighted by atomic mass is 79.9. The minimum atomic E-state index is 0.271. The summed E-state index contributed by atoms with van der Waals surface area (Å²) in [6, 6.07) is 8.79. The Kier molecular flexibility index (Phi) is 6.49. The Morgan fingerprint density at radius 1 is 1.45 bits per heavy atom. The predicted octanol–water partition coefficient (Wildman–Crippen LogP) is 2.69. The average Bonchev–Trinajstić information content (AvgIpc) is 2.47. The van der Waals surface area contributed by atoms with Crippen LogP contribution in [0, 0.1) is 0 Å². The lowest BCUT2D eigenvalue weighted by Gasteiger charge is -2.37. The summed E-state index contributed by atoms with van der Waals surface area (Å²) in [7, 11) is 2.03. The van der Waals surface area contributed by atoms with Gasteiger partial charge in [0.2, 0.25) is 0 Å². The maximum atomic E-state index is 6.00. The van der Waals surface area contributed by atoms with Gasteiger partial charge in [-0.2, -0.15) is 0 Å². The van der Waals surface area contributed by atoms with Crippen LogP contribution in [0.3, 0.4) is 0 Å². The van der Waals surface area contributed by atoms with Crippen LogP contribution in [0.4, 0.5) is 0 Å². The lowest BCUT2D eigenvalue weighted by Crippen LogP contribution is -2.52. The van der Waals surface area contributed by atoms with E-state index in [2.05, 4.69) is 57.3 Å². The molecule has 1 heterocycles. The number of benzene rings is 1. The molecule has 0 bridgehead atoms. The number of nitrogens with one attached hydrogen (secondary N) is 1. The highest BCUT2D eigenvalue weighted by Gasteiger charge is 2.27. The van der Waals surface area contributed by atoms with Gasteiger partial charge in [-0.3, -0.25) is 4.90 Å². The van der Waals surface area contributed by atoms with Crippen molar-refractivity contribution in [2.45, 2.75) is 31.9 Å². The quantitative estimate of drug-likeness (QED) is 0.861. The molecular formula is C16H25BrN2O. The number of rotatable bonds is 6. The number of likely N-dealkylation sites (N-methyl/N-ethyl adjacent to an activating group) is 1. The maximum absolute atomic E-state index is 6.00. The second-order valence-corrected chi connectivity index (χ2v) is 6.25. The number of morpholine rings is 1. The molecular weight excluding hydrogens is 316 g/mol. The highest BCUT2D eigenvalue weighted by Crippen LogP contribution is 2.20. The molecule has 20 heavy (non-hydrogen) atoms. The molecule has 0 saturated carbocycles. The number of hydrogen-bond acceptors (Lipinski definition) is 3. The fourth-order valence-corrected chi connectivity index (χ4v) is 3.26. The predicted molar refractivity (Wildman–Crippen MR) is 87.2 cm³/mol. The second kappa shape index (κ2) is 8.13. The number of hydrogen-bond donors (Lipinski definition) is 1. The summed E-state index contributed by atoms with van der Waals surface area (Å²) in [5, 5.41) is 3.44. The lowest BCUT2D eigenvalue weighted by molar-refractivity contribution is -0.0450. The molecule has 1 aromatic carbocycles. The summed E-state index contributed by atoms with van der Waals surface area (Å²) < 4.78 is 7.18. The van der Waals surface area contributed by atoms with Gasteiger partial charge < -0.3 is 10.1 Å². The topological polar surface area (TPSA) is 24.5 Å². The summed E-state index contributed by atoms with van der Waals surface area (Å²) in [5.74, 6) is 0. The Balaban J connectivity index is 1.99. The first-order valence-corrected chi connectivity index (χ1v) is 8.28. The SMILES string of the molecule is CCCN1CCOC(C(Cc2ccccc2Br)NC)C1. The summed E-state index contributed by atoms with van der Waals surface area (Å²) in [5.41, 5.74) is 1.34. The van der Waals surface area contributed by atoms with Crippen molar-refractivity contribution in [1.82, 2.24) is 10.2 Å². The highest BCUT2D eigenvalue weighted by molar-refractivity contribution is 9.10. The molecule has 1 fully saturated rings. The molecule has 0 amide bonds. The van der Waals surface area contributed by atoms with Crippen LogP contribution in [0.15, 0.2) is 28.7 Å². The smallest absolute Gasteiger partial charge is 0.0858 e. The van der Waals surface area contributed by atoms with Crippen molar-refractivity contribution in [2.24, 2.45) is 0 Å². The second-order valence-electron chi connectivity index (χ2n) is 5.40. The number of nitrogens with zero attached hydrogens (tertiary/aromatic N) is 1. The van der Waals surface area contributed by atoms with Gasteiger partial charge in [0, 0.05) is 23.6 Å². The van der Waals surface area contributed by atoms with Crippen LogP contribution < -0.4 is 5.32 Å². The molecule has 1 saturated heterocycles. The molecule has 1 N–H and O–H groups in total. The molecule has 0 aromatic heterocycles. The molecule has 4 heteroatoms. The van der Waals surface area contributed by atoms with E-state index in [9.17, 15) is 0 Å². The summed E-state index contributed by atoms with van der Waals surface area (Å²) >= 11 is 3.64. The van der Waals surface area contributed by atoms with Gasteiger partial charge in [0.25, 0.3) is 0 Å². The third-order valence-electron chi connectivity index (χ3n) is 3.93. The zero-order valence-electron chi connectivity index (χ0n) is 12.4. The van der Waals surface area contributed by atoms with Gasteiger partial charge >= 0.3 is 0 Å². The van der Waals surface area contributed by atoms with Crippen LogP contribution >= 0.6 is 15.9 Å². The number of halogens is 1. The lowest BCUT2D eigenvalue weighted by atomic mass is 10.00. The summed E-state index contributed by atoms with van der Waals surface area (Å²) in [6.45, 7) is 6.35. The van der Waals surface area contributed by atoms with Crippen molar-refractivity contribution >= 4 is 15.9 Å². The minimum Gasteiger partial charge on any atom is -0.374 e. The Morgan fingerprint density at radius 3 is 2.95 bits per heavy atom. The van der Waals surface area contributed by atoms with E-state index in [1.54, 1.807) is 0 Å². The fraction of sp³-hybridized carbons (Fsp3) is 0.625. The van der Waals surface area contributed by atoms with E-state index in [0.29, 0.717) is 6.04 Å². The number of ether oxygens (including phenoxy) is 1. The van der Waals surface area contributed by atoms with Crippen molar-refractivity contribution in [1.29, 1.82) is 0 Å². The molecule has 0 radical (unpaired) electrons. The largest absolute Gasteiger partial charge is 0.374 e. The van der Waals surface area contributed by atoms with Crippen molar-refractivity contribution in [3.05, 3.63) is 34.3 Å². The van der Waals surface area contributed by atoms with Gasteiger partial charge in [-0.1, -0.05) is 41.1 Å². The third-order valence-corrected chi connectivity index (χ3v) is 4.71. The Labute approximate surface area is 130 Å². The summed E-state index contributed by atoms with van der Waals surface area (Å²) in [4.78, 5) is 2.51. The molecule has 1 aliphatic rings. The van der Waals surface area contributed by atoms with Gasteiger partial charge in [-0.15, -0.1) is 0 Å². The monoisotopic (exact) mass is 340 g/mol. The van der Waals surface area contributed by atoms with E-state index in [4.69, 9.17) is 4.74 Å². The third kappa shape index (κ3) is 4.29. The summed E-state index contributed by atoms with van der Waals surface area (Å²) in [6.07, 6.45) is 2.47. The molecule has 2 rings (SSSR count). The van der Waals surface area contributed by atoms with E-state index >= 15 is 0 Å². The van der Waals surface area contributed by atoms with E-state index < -0.39 is 0 Å². The first-order chi connectivity index (χ1) is 9.74. The molecule has 3 nitrogen and oxygen atoms in total. The first kappa shape index (κ1) is 16.0. The van der Waals surface area contributed by atoms with Crippen molar-refractivity contribution < 1.29 is 4.74 Å². The Bertz CT molecular complexity index is 411. The van der Waals surface area contributed by atoms with Crippen LogP contribution in [0.5, 0.6) is 0 Å². The van der Waals surface area contributed by atoms with E-state index in [1.165, 1.54) is 23.0 Å². The van der Waals surface area contributed by atoms with Crippen molar-refractivity contribution in [3.63, 3.8) is 0 Å². The van der Waals surface area contributed by atoms with E-state index in [0.717, 1.165) is 26.1 Å². The molecule has 0 spiro atoms. The molecule has 2 unspecified atom stereocenters. The van der Waals surface area contributed by atoms with E-state index in [-0.39, 0.29) is 6.10 Å². The zero-order valence-corrected chi connectivity index (χ0v) is 14.0. The van der Waals surface area contributed by atoms with Crippen LogP contribution in [-0.2, 0) is 11.2 Å².